The van der Waals surface area contributed by atoms with Gasteiger partial charge in [-0.25, -0.2) is 0 Å². The van der Waals surface area contributed by atoms with Crippen LogP contribution in [0.5, 0.6) is 0 Å². The molecule has 0 spiro atoms. The van der Waals surface area contributed by atoms with Crippen molar-refractivity contribution in [1.82, 2.24) is 0 Å². The van der Waals surface area contributed by atoms with Crippen LogP contribution in [0.4, 0.5) is 0 Å². The number of rotatable bonds is 1. The summed E-state index contributed by atoms with van der Waals surface area (Å²) in [6.45, 7) is 1.46. The largest absolute Gasteiger partial charge is 0.512 e. The molecule has 3 heteroatoms. The molecular formula is C11H14O3. The van der Waals surface area contributed by atoms with Crippen LogP contribution in [0.2, 0.25) is 0 Å². The number of carbonyl (C=O) groups is 2. The molecule has 3 nitrogen and oxygen atoms in total. The third-order valence-electron chi connectivity index (χ3n) is 3.33. The highest BCUT2D eigenvalue weighted by Crippen LogP contribution is 2.40. The molecule has 1 N–H and O–H groups in total. The van der Waals surface area contributed by atoms with Crippen LogP contribution in [0.25, 0.3) is 0 Å². The van der Waals surface area contributed by atoms with Gasteiger partial charge in [0.05, 0.1) is 0 Å². The lowest BCUT2D eigenvalue weighted by molar-refractivity contribution is -0.126. The van der Waals surface area contributed by atoms with E-state index in [1.165, 1.54) is 6.92 Å². The summed E-state index contributed by atoms with van der Waals surface area (Å²) in [5, 5.41) is 9.78. The maximum absolute atomic E-state index is 11.5. The maximum Gasteiger partial charge on any atom is 0.159 e. The smallest absolute Gasteiger partial charge is 0.159 e. The average Bonchev–Trinajstić information content (AvgIpc) is 2.15. The molecule has 0 saturated heterocycles. The summed E-state index contributed by atoms with van der Waals surface area (Å²) in [5.74, 6) is 0.467. The first-order valence-electron chi connectivity index (χ1n) is 5.05. The van der Waals surface area contributed by atoms with E-state index in [0.29, 0.717) is 24.8 Å². The highest BCUT2D eigenvalue weighted by molar-refractivity contribution is 5.95. The Balaban J connectivity index is 2.34. The molecule has 2 unspecified atom stereocenters. The second-order valence-electron chi connectivity index (χ2n) is 4.26. The van der Waals surface area contributed by atoms with Crippen LogP contribution in [0.3, 0.4) is 0 Å². The van der Waals surface area contributed by atoms with Crippen molar-refractivity contribution in [1.29, 1.82) is 0 Å². The molecular weight excluding hydrogens is 180 g/mol. The molecule has 1 fully saturated rings. The van der Waals surface area contributed by atoms with Crippen LogP contribution in [0, 0.1) is 11.8 Å². The second-order valence-corrected chi connectivity index (χ2v) is 4.26. The van der Waals surface area contributed by atoms with Crippen molar-refractivity contribution >= 4 is 11.6 Å². The number of Topliss-reactive ketones (excluding diaryl/α,β-unsaturated/α-hetero) is 2. The third kappa shape index (κ3) is 1.37. The standard InChI is InChI=1S/C11H14O3/c1-6(12)9-5-8-4-7(11(9)14)2-3-10(8)13/h7-8,14H,2-5H2,1H3. The van der Waals surface area contributed by atoms with Gasteiger partial charge in [0.2, 0.25) is 0 Å². The van der Waals surface area contributed by atoms with Gasteiger partial charge in [-0.1, -0.05) is 0 Å². The molecule has 0 amide bonds. The Morgan fingerprint density at radius 1 is 1.43 bits per heavy atom. The van der Waals surface area contributed by atoms with Crippen molar-refractivity contribution in [2.75, 3.05) is 0 Å². The predicted octanol–water partition coefficient (Wildman–Crippen LogP) is 1.78. The van der Waals surface area contributed by atoms with Crippen LogP contribution >= 0.6 is 0 Å². The Morgan fingerprint density at radius 3 is 2.79 bits per heavy atom. The molecule has 14 heavy (non-hydrogen) atoms. The summed E-state index contributed by atoms with van der Waals surface area (Å²) >= 11 is 0. The van der Waals surface area contributed by atoms with Gasteiger partial charge < -0.3 is 5.11 Å². The number of ketones is 2. The number of hydrogen-bond acceptors (Lipinski definition) is 3. The zero-order chi connectivity index (χ0) is 10.3. The Bertz CT molecular complexity index is 327. The molecule has 0 aromatic heterocycles. The molecule has 1 saturated carbocycles. The van der Waals surface area contributed by atoms with Gasteiger partial charge in [0.25, 0.3) is 0 Å². The minimum absolute atomic E-state index is 0.0106. The van der Waals surface area contributed by atoms with Gasteiger partial charge in [0.1, 0.15) is 11.5 Å². The Morgan fingerprint density at radius 2 is 2.14 bits per heavy atom. The normalized spacial score (nSPS) is 31.9. The molecule has 0 heterocycles. The number of fused-ring (bicyclic) bond motifs is 2. The Kier molecular flexibility index (Phi) is 2.17. The van der Waals surface area contributed by atoms with Crippen LogP contribution < -0.4 is 0 Å². The monoisotopic (exact) mass is 194 g/mol. The van der Waals surface area contributed by atoms with Gasteiger partial charge >= 0.3 is 0 Å². The summed E-state index contributed by atoms with van der Waals surface area (Å²) in [4.78, 5) is 22.7. The molecule has 2 bridgehead atoms. The van der Waals surface area contributed by atoms with Gasteiger partial charge in [-0.2, -0.15) is 0 Å². The first-order chi connectivity index (χ1) is 6.59. The average molecular weight is 194 g/mol. The van der Waals surface area contributed by atoms with Crippen LogP contribution in [0.1, 0.15) is 32.6 Å². The van der Waals surface area contributed by atoms with E-state index in [9.17, 15) is 14.7 Å². The van der Waals surface area contributed by atoms with Gasteiger partial charge in [0.15, 0.2) is 5.78 Å². The fourth-order valence-electron chi connectivity index (χ4n) is 2.48. The molecule has 2 atom stereocenters. The summed E-state index contributed by atoms with van der Waals surface area (Å²) in [7, 11) is 0. The van der Waals surface area contributed by atoms with E-state index in [2.05, 4.69) is 0 Å². The van der Waals surface area contributed by atoms with E-state index in [0.717, 1.165) is 6.42 Å². The summed E-state index contributed by atoms with van der Waals surface area (Å²) in [5.41, 5.74) is 0.485. The topological polar surface area (TPSA) is 54.4 Å². The van der Waals surface area contributed by atoms with E-state index in [1.54, 1.807) is 0 Å². The van der Waals surface area contributed by atoms with Gasteiger partial charge in [0, 0.05) is 23.8 Å². The molecule has 0 aromatic rings. The summed E-state index contributed by atoms with van der Waals surface area (Å²) < 4.78 is 0. The van der Waals surface area contributed by atoms with Crippen molar-refractivity contribution in [3.63, 3.8) is 0 Å². The minimum Gasteiger partial charge on any atom is -0.512 e. The fourth-order valence-corrected chi connectivity index (χ4v) is 2.48. The maximum atomic E-state index is 11.5. The molecule has 0 aromatic carbocycles. The number of aliphatic hydroxyl groups is 1. The fraction of sp³-hybridized carbons (Fsp3) is 0.636. The molecule has 76 valence electrons. The van der Waals surface area contributed by atoms with E-state index in [1.807, 2.05) is 0 Å². The van der Waals surface area contributed by atoms with E-state index in [4.69, 9.17) is 0 Å². The van der Waals surface area contributed by atoms with Crippen molar-refractivity contribution in [2.24, 2.45) is 11.8 Å². The number of carbonyl (C=O) groups excluding carboxylic acids is 2. The second kappa shape index (κ2) is 3.23. The molecule has 2 rings (SSSR count). The molecule has 2 aliphatic carbocycles. The van der Waals surface area contributed by atoms with E-state index < -0.39 is 0 Å². The Hall–Kier alpha value is -1.12. The van der Waals surface area contributed by atoms with Crippen LogP contribution in [-0.4, -0.2) is 16.7 Å². The van der Waals surface area contributed by atoms with Crippen LogP contribution in [0.15, 0.2) is 11.3 Å². The van der Waals surface area contributed by atoms with Crippen molar-refractivity contribution in [3.8, 4) is 0 Å². The first kappa shape index (κ1) is 9.44. The SMILES string of the molecule is CC(=O)C1=C(O)C2CCC(=O)C(C1)C2. The molecule has 2 aliphatic rings. The number of allylic oxidation sites excluding steroid dienone is 2. The summed E-state index contributed by atoms with van der Waals surface area (Å²) in [6.07, 6.45) is 2.46. The Labute approximate surface area is 82.8 Å². The van der Waals surface area contributed by atoms with Gasteiger partial charge in [-0.3, -0.25) is 9.59 Å². The minimum atomic E-state index is -0.0908. The number of hydrogen-bond donors (Lipinski definition) is 1. The zero-order valence-corrected chi connectivity index (χ0v) is 8.25. The third-order valence-corrected chi connectivity index (χ3v) is 3.33. The highest BCUT2D eigenvalue weighted by atomic mass is 16.3. The van der Waals surface area contributed by atoms with Crippen LogP contribution in [-0.2, 0) is 9.59 Å². The lowest BCUT2D eigenvalue weighted by Crippen LogP contribution is -2.32. The quantitative estimate of drug-likeness (QED) is 0.692. The van der Waals surface area contributed by atoms with E-state index in [-0.39, 0.29) is 29.2 Å². The van der Waals surface area contributed by atoms with Crippen molar-refractivity contribution in [3.05, 3.63) is 11.3 Å². The lowest BCUT2D eigenvalue weighted by Gasteiger charge is -2.33. The lowest BCUT2D eigenvalue weighted by atomic mass is 9.71. The highest BCUT2D eigenvalue weighted by Gasteiger charge is 2.37. The first-order valence-corrected chi connectivity index (χ1v) is 5.05. The molecule has 0 aliphatic heterocycles. The summed E-state index contributed by atoms with van der Waals surface area (Å²) in [6, 6.07) is 0. The van der Waals surface area contributed by atoms with Gasteiger partial charge in [-0.05, 0) is 26.2 Å². The van der Waals surface area contributed by atoms with E-state index >= 15 is 0 Å². The van der Waals surface area contributed by atoms with Gasteiger partial charge in [-0.15, -0.1) is 0 Å². The van der Waals surface area contributed by atoms with Crippen molar-refractivity contribution < 1.29 is 14.7 Å². The molecule has 0 radical (unpaired) electrons. The number of aliphatic hydroxyl groups excluding tert-OH is 1. The predicted molar refractivity (Wildman–Crippen MR) is 50.8 cm³/mol. The van der Waals surface area contributed by atoms with Crippen molar-refractivity contribution in [2.45, 2.75) is 32.6 Å². The zero-order valence-electron chi connectivity index (χ0n) is 8.25.